The summed E-state index contributed by atoms with van der Waals surface area (Å²) in [7, 11) is 0. The van der Waals surface area contributed by atoms with Gasteiger partial charge >= 0.3 is 0 Å². The number of unbranched alkanes of at least 4 members (excludes halogenated alkanes) is 4. The number of ketones is 1. The average molecular weight is 283 g/mol. The maximum absolute atomic E-state index is 11.8. The molecule has 0 heterocycles. The lowest BCUT2D eigenvalue weighted by molar-refractivity contribution is 0.0979. The molecule has 2 heteroatoms. The van der Waals surface area contributed by atoms with Crippen molar-refractivity contribution >= 4 is 21.7 Å². The highest BCUT2D eigenvalue weighted by molar-refractivity contribution is 9.10. The third-order valence-electron chi connectivity index (χ3n) is 2.67. The molecule has 0 amide bonds. The number of rotatable bonds is 7. The Bertz CT molecular complexity index is 316. The monoisotopic (exact) mass is 282 g/mol. The van der Waals surface area contributed by atoms with Crippen LogP contribution < -0.4 is 0 Å². The normalized spacial score (nSPS) is 10.4. The van der Waals surface area contributed by atoms with E-state index in [4.69, 9.17) is 0 Å². The molecule has 0 aliphatic rings. The number of Topliss-reactive ketones (excluding diaryl/α,β-unsaturated/α-hetero) is 1. The topological polar surface area (TPSA) is 17.1 Å². The molecular weight excluding hydrogens is 264 g/mol. The van der Waals surface area contributed by atoms with Gasteiger partial charge in [0, 0.05) is 16.5 Å². The third kappa shape index (κ3) is 4.93. The summed E-state index contributed by atoms with van der Waals surface area (Å²) in [4.78, 5) is 11.8. The van der Waals surface area contributed by atoms with Gasteiger partial charge in [0.05, 0.1) is 0 Å². The van der Waals surface area contributed by atoms with Gasteiger partial charge in [-0.05, 0) is 18.6 Å². The first-order chi connectivity index (χ1) is 7.74. The van der Waals surface area contributed by atoms with E-state index in [0.29, 0.717) is 6.42 Å². The number of carbonyl (C=O) groups excluding carboxylic acids is 1. The number of carbonyl (C=O) groups is 1. The van der Waals surface area contributed by atoms with E-state index in [-0.39, 0.29) is 5.78 Å². The number of benzene rings is 1. The van der Waals surface area contributed by atoms with Crippen LogP contribution in [0.2, 0.25) is 0 Å². The highest BCUT2D eigenvalue weighted by Crippen LogP contribution is 2.14. The molecule has 1 rings (SSSR count). The van der Waals surface area contributed by atoms with Crippen molar-refractivity contribution in [1.29, 1.82) is 0 Å². The van der Waals surface area contributed by atoms with Crippen molar-refractivity contribution in [3.8, 4) is 0 Å². The lowest BCUT2D eigenvalue weighted by Crippen LogP contribution is -1.98. The van der Waals surface area contributed by atoms with E-state index >= 15 is 0 Å². The molecule has 16 heavy (non-hydrogen) atoms. The molecule has 0 bridgehead atoms. The van der Waals surface area contributed by atoms with E-state index in [2.05, 4.69) is 22.9 Å². The van der Waals surface area contributed by atoms with Gasteiger partial charge in [0.1, 0.15) is 0 Å². The maximum Gasteiger partial charge on any atom is 0.162 e. The van der Waals surface area contributed by atoms with Crippen molar-refractivity contribution in [3.63, 3.8) is 0 Å². The summed E-state index contributed by atoms with van der Waals surface area (Å²) in [5.41, 5.74) is 0.832. The van der Waals surface area contributed by atoms with Gasteiger partial charge in [0.15, 0.2) is 5.78 Å². The van der Waals surface area contributed by atoms with E-state index in [1.165, 1.54) is 25.7 Å². The third-order valence-corrected chi connectivity index (χ3v) is 3.20. The molecular formula is C14H19BrO. The summed E-state index contributed by atoms with van der Waals surface area (Å²) < 4.78 is 1.02. The minimum Gasteiger partial charge on any atom is -0.294 e. The Balaban J connectivity index is 2.27. The Morgan fingerprint density at radius 2 is 1.69 bits per heavy atom. The Morgan fingerprint density at radius 1 is 1.06 bits per heavy atom. The second-order valence-corrected chi connectivity index (χ2v) is 5.01. The second-order valence-electron chi connectivity index (χ2n) is 4.09. The highest BCUT2D eigenvalue weighted by Gasteiger charge is 2.04. The molecule has 0 saturated heterocycles. The minimum atomic E-state index is 0.268. The summed E-state index contributed by atoms with van der Waals surface area (Å²) in [6, 6.07) is 7.62. The fourth-order valence-corrected chi connectivity index (χ4v) is 1.93. The van der Waals surface area contributed by atoms with Gasteiger partial charge in [0.25, 0.3) is 0 Å². The zero-order valence-corrected chi connectivity index (χ0v) is 11.4. The Kier molecular flexibility index (Phi) is 6.39. The van der Waals surface area contributed by atoms with Crippen LogP contribution in [0.1, 0.15) is 55.8 Å². The molecule has 0 atom stereocenters. The van der Waals surface area contributed by atoms with E-state index < -0.39 is 0 Å². The summed E-state index contributed by atoms with van der Waals surface area (Å²) in [5.74, 6) is 0.268. The molecule has 88 valence electrons. The predicted octanol–water partition coefficient (Wildman–Crippen LogP) is 4.99. The number of hydrogen-bond acceptors (Lipinski definition) is 1. The summed E-state index contributed by atoms with van der Waals surface area (Å²) >= 11 is 3.36. The quantitative estimate of drug-likeness (QED) is 0.509. The highest BCUT2D eigenvalue weighted by atomic mass is 79.9. The van der Waals surface area contributed by atoms with Crippen LogP contribution in [0.5, 0.6) is 0 Å². The van der Waals surface area contributed by atoms with E-state index in [0.717, 1.165) is 16.5 Å². The SMILES string of the molecule is CCCCCCCC(=O)c1ccc(Br)cc1. The Labute approximate surface area is 106 Å². The van der Waals surface area contributed by atoms with Crippen LogP contribution in [0.25, 0.3) is 0 Å². The predicted molar refractivity (Wildman–Crippen MR) is 71.8 cm³/mol. The number of halogens is 1. The Hall–Kier alpha value is -0.630. The molecule has 0 fully saturated rings. The first-order valence-electron chi connectivity index (χ1n) is 6.03. The van der Waals surface area contributed by atoms with E-state index in [1.807, 2.05) is 24.3 Å². The first kappa shape index (κ1) is 13.4. The zero-order chi connectivity index (χ0) is 11.8. The van der Waals surface area contributed by atoms with Crippen LogP contribution in [0, 0.1) is 0 Å². The molecule has 0 spiro atoms. The van der Waals surface area contributed by atoms with Gasteiger partial charge in [-0.1, -0.05) is 60.7 Å². The van der Waals surface area contributed by atoms with Crippen molar-refractivity contribution in [2.75, 3.05) is 0 Å². The van der Waals surface area contributed by atoms with Gasteiger partial charge in [-0.2, -0.15) is 0 Å². The Morgan fingerprint density at radius 3 is 2.31 bits per heavy atom. The minimum absolute atomic E-state index is 0.268. The average Bonchev–Trinajstić information content (AvgIpc) is 2.29. The smallest absolute Gasteiger partial charge is 0.162 e. The van der Waals surface area contributed by atoms with Gasteiger partial charge in [-0.15, -0.1) is 0 Å². The molecule has 0 N–H and O–H groups in total. The van der Waals surface area contributed by atoms with Crippen LogP contribution >= 0.6 is 15.9 Å². The molecule has 1 aromatic carbocycles. The molecule has 1 nitrogen and oxygen atoms in total. The summed E-state index contributed by atoms with van der Waals surface area (Å²) in [6.45, 7) is 2.20. The maximum atomic E-state index is 11.8. The van der Waals surface area contributed by atoms with Crippen LogP contribution in [0.4, 0.5) is 0 Å². The van der Waals surface area contributed by atoms with Crippen molar-refractivity contribution in [2.24, 2.45) is 0 Å². The van der Waals surface area contributed by atoms with Gasteiger partial charge in [-0.25, -0.2) is 0 Å². The molecule has 0 aliphatic carbocycles. The standard InChI is InChI=1S/C14H19BrO/c1-2-3-4-5-6-7-14(16)12-8-10-13(15)11-9-12/h8-11H,2-7H2,1H3. The molecule has 0 radical (unpaired) electrons. The van der Waals surface area contributed by atoms with Crippen molar-refractivity contribution < 1.29 is 4.79 Å². The lowest BCUT2D eigenvalue weighted by atomic mass is 10.0. The fraction of sp³-hybridized carbons (Fsp3) is 0.500. The molecule has 0 saturated carbocycles. The van der Waals surface area contributed by atoms with Gasteiger partial charge in [-0.3, -0.25) is 4.79 Å². The summed E-state index contributed by atoms with van der Waals surface area (Å²) in [5, 5.41) is 0. The van der Waals surface area contributed by atoms with Crippen molar-refractivity contribution in [1.82, 2.24) is 0 Å². The number of hydrogen-bond donors (Lipinski definition) is 0. The largest absolute Gasteiger partial charge is 0.294 e. The molecule has 0 aromatic heterocycles. The first-order valence-corrected chi connectivity index (χ1v) is 6.82. The molecule has 0 unspecified atom stereocenters. The second kappa shape index (κ2) is 7.61. The van der Waals surface area contributed by atoms with Crippen LogP contribution in [0.3, 0.4) is 0 Å². The van der Waals surface area contributed by atoms with Crippen molar-refractivity contribution in [2.45, 2.75) is 45.4 Å². The summed E-state index contributed by atoms with van der Waals surface area (Å²) in [6.07, 6.45) is 6.67. The lowest BCUT2D eigenvalue weighted by Gasteiger charge is -2.01. The van der Waals surface area contributed by atoms with Gasteiger partial charge < -0.3 is 0 Å². The van der Waals surface area contributed by atoms with E-state index in [1.54, 1.807) is 0 Å². The van der Waals surface area contributed by atoms with Gasteiger partial charge in [0.2, 0.25) is 0 Å². The van der Waals surface area contributed by atoms with Crippen LogP contribution in [-0.2, 0) is 0 Å². The zero-order valence-electron chi connectivity index (χ0n) is 9.84. The molecule has 0 aliphatic heterocycles. The van der Waals surface area contributed by atoms with E-state index in [9.17, 15) is 4.79 Å². The molecule has 1 aromatic rings. The van der Waals surface area contributed by atoms with Crippen molar-refractivity contribution in [3.05, 3.63) is 34.3 Å². The van der Waals surface area contributed by atoms with Crippen LogP contribution in [0.15, 0.2) is 28.7 Å². The van der Waals surface area contributed by atoms with Crippen LogP contribution in [-0.4, -0.2) is 5.78 Å². The fourth-order valence-electron chi connectivity index (χ4n) is 1.67.